The van der Waals surface area contributed by atoms with Gasteiger partial charge in [0.2, 0.25) is 5.88 Å². The zero-order chi connectivity index (χ0) is 22.9. The highest BCUT2D eigenvalue weighted by Crippen LogP contribution is 2.31. The van der Waals surface area contributed by atoms with Crippen LogP contribution >= 0.6 is 0 Å². The molecular weight excluding hydrogens is 432 g/mol. The Kier molecular flexibility index (Phi) is 5.64. The van der Waals surface area contributed by atoms with Crippen molar-refractivity contribution in [1.82, 2.24) is 10.1 Å². The number of carbonyl (C=O) groups excluding carboxylic acids is 1. The van der Waals surface area contributed by atoms with Gasteiger partial charge < -0.3 is 24.8 Å². The summed E-state index contributed by atoms with van der Waals surface area (Å²) in [5, 5.41) is 3.82. The second-order valence-electron chi connectivity index (χ2n) is 7.10. The zero-order valence-corrected chi connectivity index (χ0v) is 16.6. The zero-order valence-electron chi connectivity index (χ0n) is 16.6. The Morgan fingerprint density at radius 1 is 1.00 bits per heavy atom. The number of benzene rings is 2. The smallest absolute Gasteiger partial charge is 0.406 e. The summed E-state index contributed by atoms with van der Waals surface area (Å²) in [6, 6.07) is 11.0. The third kappa shape index (κ3) is 4.61. The molecule has 0 bridgehead atoms. The van der Waals surface area contributed by atoms with Gasteiger partial charge in [-0.1, -0.05) is 5.16 Å². The Morgan fingerprint density at radius 3 is 2.22 bits per heavy atom. The Balaban J connectivity index is 1.48. The van der Waals surface area contributed by atoms with Crippen molar-refractivity contribution < 1.29 is 31.6 Å². The highest BCUT2D eigenvalue weighted by Gasteiger charge is 2.32. The maximum absolute atomic E-state index is 13.1. The number of hydrogen-bond donors (Lipinski definition) is 1. The summed E-state index contributed by atoms with van der Waals surface area (Å²) in [4.78, 5) is 16.7. The number of hydrogen-bond acceptors (Lipinski definition) is 6. The molecule has 1 aliphatic heterocycles. The molecule has 4 rings (SSSR count). The second kappa shape index (κ2) is 8.40. The molecule has 2 N–H and O–H groups in total. The molecule has 2 heterocycles. The number of anilines is 2. The molecule has 0 atom stereocenters. The number of piperazine rings is 1. The Morgan fingerprint density at radius 2 is 1.62 bits per heavy atom. The number of nitrogens with two attached hydrogens (primary N) is 1. The summed E-state index contributed by atoms with van der Waals surface area (Å²) in [6.45, 7) is 1.83. The minimum Gasteiger partial charge on any atom is -0.406 e. The third-order valence-electron chi connectivity index (χ3n) is 5.05. The van der Waals surface area contributed by atoms with Crippen molar-refractivity contribution in [3.63, 3.8) is 0 Å². The molecule has 0 saturated carbocycles. The molecular formula is C21H18F4N4O3. The Labute approximate surface area is 179 Å². The largest absolute Gasteiger partial charge is 0.573 e. The van der Waals surface area contributed by atoms with E-state index in [1.165, 1.54) is 24.3 Å². The topological polar surface area (TPSA) is 84.8 Å². The van der Waals surface area contributed by atoms with E-state index in [0.717, 1.165) is 17.8 Å². The van der Waals surface area contributed by atoms with Gasteiger partial charge in [0.05, 0.1) is 0 Å². The van der Waals surface area contributed by atoms with Gasteiger partial charge in [-0.25, -0.2) is 4.39 Å². The lowest BCUT2D eigenvalue weighted by Crippen LogP contribution is -2.49. The first-order valence-corrected chi connectivity index (χ1v) is 9.62. The van der Waals surface area contributed by atoms with Crippen LogP contribution in [0.1, 0.15) is 10.4 Å². The van der Waals surface area contributed by atoms with Crippen LogP contribution in [0.5, 0.6) is 5.75 Å². The number of amides is 1. The van der Waals surface area contributed by atoms with Gasteiger partial charge in [-0.15, -0.1) is 13.2 Å². The van der Waals surface area contributed by atoms with Gasteiger partial charge in [-0.05, 0) is 48.5 Å². The van der Waals surface area contributed by atoms with Crippen LogP contribution in [0.3, 0.4) is 0 Å². The van der Waals surface area contributed by atoms with Gasteiger partial charge in [-0.3, -0.25) is 4.79 Å². The van der Waals surface area contributed by atoms with E-state index in [9.17, 15) is 22.4 Å². The molecule has 11 heteroatoms. The molecule has 2 aromatic carbocycles. The van der Waals surface area contributed by atoms with Gasteiger partial charge in [0.1, 0.15) is 22.8 Å². The maximum atomic E-state index is 13.1. The van der Waals surface area contributed by atoms with Gasteiger partial charge in [0.25, 0.3) is 5.91 Å². The van der Waals surface area contributed by atoms with Crippen LogP contribution in [0.15, 0.2) is 53.1 Å². The molecule has 0 aliphatic carbocycles. The quantitative estimate of drug-likeness (QED) is 0.607. The van der Waals surface area contributed by atoms with E-state index in [0.29, 0.717) is 31.7 Å². The fraction of sp³-hybridized carbons (Fsp3) is 0.238. The van der Waals surface area contributed by atoms with E-state index in [1.54, 1.807) is 17.0 Å². The molecule has 168 valence electrons. The van der Waals surface area contributed by atoms with Crippen LogP contribution in [0, 0.1) is 5.82 Å². The average molecular weight is 450 g/mol. The lowest BCUT2D eigenvalue weighted by molar-refractivity contribution is -0.274. The van der Waals surface area contributed by atoms with Crippen molar-refractivity contribution in [2.75, 3.05) is 36.8 Å². The highest BCUT2D eigenvalue weighted by molar-refractivity contribution is 6.03. The van der Waals surface area contributed by atoms with Crippen molar-refractivity contribution in [2.45, 2.75) is 6.36 Å². The number of nitrogen functional groups attached to an aromatic ring is 1. The highest BCUT2D eigenvalue weighted by atomic mass is 19.4. The minimum absolute atomic E-state index is 0.0460. The predicted molar refractivity (Wildman–Crippen MR) is 108 cm³/mol. The molecule has 1 aromatic heterocycles. The number of carbonyl (C=O) groups is 1. The minimum atomic E-state index is -4.81. The number of halogens is 4. The summed E-state index contributed by atoms with van der Waals surface area (Å²) in [5.74, 6) is -1.30. The van der Waals surface area contributed by atoms with Crippen molar-refractivity contribution in [3.05, 3.63) is 59.9 Å². The van der Waals surface area contributed by atoms with Gasteiger partial charge >= 0.3 is 6.36 Å². The molecule has 1 fully saturated rings. The molecule has 0 radical (unpaired) electrons. The SMILES string of the molecule is Nc1onc(-c2ccc(OC(F)(F)F)cc2)c1C(=O)N1CCN(c2ccc(F)cc2)CC1. The first-order valence-electron chi connectivity index (χ1n) is 9.62. The van der Waals surface area contributed by atoms with Crippen LogP contribution < -0.4 is 15.4 Å². The second-order valence-corrected chi connectivity index (χ2v) is 7.10. The molecule has 1 amide bonds. The Hall–Kier alpha value is -3.76. The van der Waals surface area contributed by atoms with Crippen LogP contribution in [0.25, 0.3) is 11.3 Å². The lowest BCUT2D eigenvalue weighted by Gasteiger charge is -2.36. The van der Waals surface area contributed by atoms with E-state index < -0.39 is 18.0 Å². The number of alkyl halides is 3. The molecule has 32 heavy (non-hydrogen) atoms. The van der Waals surface area contributed by atoms with Crippen molar-refractivity contribution >= 4 is 17.5 Å². The molecule has 3 aromatic rings. The Bertz CT molecular complexity index is 1090. The number of aromatic nitrogens is 1. The normalized spacial score (nSPS) is 14.5. The average Bonchev–Trinajstić information content (AvgIpc) is 3.15. The monoisotopic (exact) mass is 450 g/mol. The van der Waals surface area contributed by atoms with Crippen LogP contribution in [0.4, 0.5) is 29.1 Å². The molecule has 1 saturated heterocycles. The third-order valence-corrected chi connectivity index (χ3v) is 5.05. The van der Waals surface area contributed by atoms with Crippen LogP contribution in [-0.4, -0.2) is 48.5 Å². The lowest BCUT2D eigenvalue weighted by atomic mass is 10.1. The van der Waals surface area contributed by atoms with Gasteiger partial charge in [-0.2, -0.15) is 0 Å². The maximum Gasteiger partial charge on any atom is 0.573 e. The van der Waals surface area contributed by atoms with Gasteiger partial charge in [0.15, 0.2) is 0 Å². The standard InChI is InChI=1S/C21H18F4N4O3/c22-14-3-5-15(6-4-14)28-9-11-29(12-10-28)20(30)17-18(27-32-19(17)26)13-1-7-16(8-2-13)31-21(23,24)25/h1-8H,9-12,26H2. The summed E-state index contributed by atoms with van der Waals surface area (Å²) < 4.78 is 59.1. The fourth-order valence-corrected chi connectivity index (χ4v) is 3.50. The first kappa shape index (κ1) is 21.5. The summed E-state index contributed by atoms with van der Waals surface area (Å²) in [7, 11) is 0. The van der Waals surface area contributed by atoms with E-state index in [-0.39, 0.29) is 23.0 Å². The summed E-state index contributed by atoms with van der Waals surface area (Å²) >= 11 is 0. The molecule has 7 nitrogen and oxygen atoms in total. The first-order chi connectivity index (χ1) is 15.2. The summed E-state index contributed by atoms with van der Waals surface area (Å²) in [5.41, 5.74) is 7.22. The number of ether oxygens (including phenoxy) is 1. The molecule has 1 aliphatic rings. The van der Waals surface area contributed by atoms with E-state index in [4.69, 9.17) is 10.3 Å². The van der Waals surface area contributed by atoms with E-state index in [1.807, 2.05) is 4.90 Å². The number of rotatable bonds is 4. The van der Waals surface area contributed by atoms with E-state index >= 15 is 0 Å². The number of nitrogens with zero attached hydrogens (tertiary/aromatic N) is 3. The summed E-state index contributed by atoms with van der Waals surface area (Å²) in [6.07, 6.45) is -4.81. The van der Waals surface area contributed by atoms with Crippen LogP contribution in [-0.2, 0) is 0 Å². The van der Waals surface area contributed by atoms with Crippen molar-refractivity contribution in [1.29, 1.82) is 0 Å². The fourth-order valence-electron chi connectivity index (χ4n) is 3.50. The van der Waals surface area contributed by atoms with Crippen LogP contribution in [0.2, 0.25) is 0 Å². The molecule has 0 spiro atoms. The van der Waals surface area contributed by atoms with Crippen molar-refractivity contribution in [3.8, 4) is 17.0 Å². The van der Waals surface area contributed by atoms with Gasteiger partial charge in [0, 0.05) is 37.4 Å². The molecule has 0 unspecified atom stereocenters. The van der Waals surface area contributed by atoms with Crippen molar-refractivity contribution in [2.24, 2.45) is 0 Å². The van der Waals surface area contributed by atoms with E-state index in [2.05, 4.69) is 9.89 Å². The predicted octanol–water partition coefficient (Wildman–Crippen LogP) is 3.92.